The number of anilines is 3. The first kappa shape index (κ1) is 19.1. The number of hydrogen-bond donors (Lipinski definition) is 2. The van der Waals surface area contributed by atoms with Gasteiger partial charge in [-0.05, 0) is 32.3 Å². The second kappa shape index (κ2) is 9.29. The van der Waals surface area contributed by atoms with E-state index in [0.29, 0.717) is 31.4 Å². The first-order chi connectivity index (χ1) is 13.1. The van der Waals surface area contributed by atoms with Crippen LogP contribution in [0.5, 0.6) is 0 Å². The largest absolute Gasteiger partial charge is 0.378 e. The molecule has 0 spiro atoms. The number of likely N-dealkylation sites (N-methyl/N-ethyl adjacent to an activating group) is 1. The number of hydrogen-bond acceptors (Lipinski definition) is 7. The van der Waals surface area contributed by atoms with Crippen molar-refractivity contribution in [1.29, 1.82) is 0 Å². The van der Waals surface area contributed by atoms with Crippen molar-refractivity contribution in [2.75, 3.05) is 69.0 Å². The van der Waals surface area contributed by atoms with Crippen molar-refractivity contribution in [2.45, 2.75) is 0 Å². The van der Waals surface area contributed by atoms with E-state index < -0.39 is 0 Å². The third-order valence-corrected chi connectivity index (χ3v) is 4.23. The molecule has 0 radical (unpaired) electrons. The lowest BCUT2D eigenvalue weighted by Crippen LogP contribution is -2.36. The van der Waals surface area contributed by atoms with Crippen molar-refractivity contribution < 1.29 is 9.53 Å². The molecule has 1 aliphatic heterocycles. The Kier molecular flexibility index (Phi) is 6.56. The summed E-state index contributed by atoms with van der Waals surface area (Å²) in [6.45, 7) is 4.55. The summed E-state index contributed by atoms with van der Waals surface area (Å²) in [5, 5.41) is 6.11. The number of benzene rings is 1. The monoisotopic (exact) mass is 370 g/mol. The average Bonchev–Trinajstić information content (AvgIpc) is 2.69. The molecule has 144 valence electrons. The highest BCUT2D eigenvalue weighted by Gasteiger charge is 2.17. The fourth-order valence-electron chi connectivity index (χ4n) is 2.81. The molecule has 2 N–H and O–H groups in total. The number of para-hydroxylation sites is 2. The third-order valence-electron chi connectivity index (χ3n) is 4.23. The molecule has 1 aliphatic rings. The maximum Gasteiger partial charge on any atom is 0.274 e. The van der Waals surface area contributed by atoms with Gasteiger partial charge in [0.2, 0.25) is 5.95 Å². The molecule has 27 heavy (non-hydrogen) atoms. The molecule has 0 bridgehead atoms. The molecule has 8 nitrogen and oxygen atoms in total. The van der Waals surface area contributed by atoms with E-state index in [1.807, 2.05) is 38.4 Å². The highest BCUT2D eigenvalue weighted by atomic mass is 16.5. The Labute approximate surface area is 159 Å². The zero-order valence-corrected chi connectivity index (χ0v) is 15.8. The van der Waals surface area contributed by atoms with Crippen LogP contribution in [0.15, 0.2) is 36.5 Å². The fourth-order valence-corrected chi connectivity index (χ4v) is 2.81. The lowest BCUT2D eigenvalue weighted by atomic mass is 10.2. The zero-order chi connectivity index (χ0) is 19.1. The first-order valence-electron chi connectivity index (χ1n) is 9.08. The number of rotatable bonds is 7. The van der Waals surface area contributed by atoms with Gasteiger partial charge in [-0.1, -0.05) is 12.1 Å². The zero-order valence-electron chi connectivity index (χ0n) is 15.8. The maximum atomic E-state index is 12.7. The van der Waals surface area contributed by atoms with Crippen LogP contribution in [-0.2, 0) is 4.74 Å². The van der Waals surface area contributed by atoms with E-state index in [9.17, 15) is 4.79 Å². The van der Waals surface area contributed by atoms with Crippen molar-refractivity contribution in [3.8, 4) is 0 Å². The fraction of sp³-hybridized carbons (Fsp3) is 0.421. The van der Waals surface area contributed by atoms with Crippen LogP contribution in [0.4, 0.5) is 17.3 Å². The van der Waals surface area contributed by atoms with Crippen LogP contribution < -0.4 is 15.5 Å². The number of morpholine rings is 1. The molecular formula is C19H26N6O2. The topological polar surface area (TPSA) is 82.6 Å². The molecule has 0 saturated carbocycles. The van der Waals surface area contributed by atoms with Crippen LogP contribution in [0, 0.1) is 0 Å². The number of amides is 1. The van der Waals surface area contributed by atoms with Gasteiger partial charge in [-0.3, -0.25) is 4.79 Å². The molecule has 2 heterocycles. The Morgan fingerprint density at radius 1 is 1.22 bits per heavy atom. The lowest BCUT2D eigenvalue weighted by molar-refractivity contribution is 0.102. The van der Waals surface area contributed by atoms with Gasteiger partial charge in [-0.15, -0.1) is 0 Å². The first-order valence-corrected chi connectivity index (χ1v) is 9.08. The van der Waals surface area contributed by atoms with Crippen molar-refractivity contribution >= 4 is 23.2 Å². The quantitative estimate of drug-likeness (QED) is 0.765. The van der Waals surface area contributed by atoms with E-state index in [0.717, 1.165) is 31.0 Å². The SMILES string of the molecule is CN(C)CCNc1nccc(C(=O)Nc2ccccc2N2CCOCC2)n1. The molecule has 1 amide bonds. The molecule has 3 rings (SSSR count). The summed E-state index contributed by atoms with van der Waals surface area (Å²) in [6.07, 6.45) is 1.59. The third kappa shape index (κ3) is 5.38. The van der Waals surface area contributed by atoms with Crippen molar-refractivity contribution in [2.24, 2.45) is 0 Å². The van der Waals surface area contributed by atoms with Gasteiger partial charge in [0.1, 0.15) is 5.69 Å². The minimum Gasteiger partial charge on any atom is -0.378 e. The van der Waals surface area contributed by atoms with Crippen LogP contribution in [0.2, 0.25) is 0 Å². The van der Waals surface area contributed by atoms with E-state index in [2.05, 4.69) is 30.4 Å². The normalized spacial score (nSPS) is 14.3. The molecular weight excluding hydrogens is 344 g/mol. The second-order valence-electron chi connectivity index (χ2n) is 6.57. The molecule has 0 atom stereocenters. The van der Waals surface area contributed by atoms with E-state index in [1.54, 1.807) is 12.3 Å². The maximum absolute atomic E-state index is 12.7. The standard InChI is InChI=1S/C19H26N6O2/c1-24(2)10-9-21-19-20-8-7-16(23-19)18(26)22-15-5-3-4-6-17(15)25-11-13-27-14-12-25/h3-8H,9-14H2,1-2H3,(H,22,26)(H,20,21,23). The molecule has 2 aromatic rings. The minimum absolute atomic E-state index is 0.256. The van der Waals surface area contributed by atoms with Gasteiger partial charge in [0.15, 0.2) is 0 Å². The molecule has 1 fully saturated rings. The Balaban J connectivity index is 1.69. The Morgan fingerprint density at radius 3 is 2.78 bits per heavy atom. The Bertz CT molecular complexity index is 761. The van der Waals surface area contributed by atoms with Crippen molar-refractivity contribution in [3.63, 3.8) is 0 Å². The second-order valence-corrected chi connectivity index (χ2v) is 6.57. The number of nitrogens with one attached hydrogen (secondary N) is 2. The molecule has 1 aromatic carbocycles. The van der Waals surface area contributed by atoms with Crippen LogP contribution >= 0.6 is 0 Å². The molecule has 0 aliphatic carbocycles. The summed E-state index contributed by atoms with van der Waals surface area (Å²) in [4.78, 5) is 25.5. The highest BCUT2D eigenvalue weighted by molar-refractivity contribution is 6.04. The summed E-state index contributed by atoms with van der Waals surface area (Å²) in [6, 6.07) is 9.41. The van der Waals surface area contributed by atoms with E-state index in [1.165, 1.54) is 0 Å². The van der Waals surface area contributed by atoms with Crippen LogP contribution in [0.25, 0.3) is 0 Å². The van der Waals surface area contributed by atoms with Crippen molar-refractivity contribution in [1.82, 2.24) is 14.9 Å². The van der Waals surface area contributed by atoms with Gasteiger partial charge in [-0.25, -0.2) is 9.97 Å². The average molecular weight is 370 g/mol. The molecule has 1 aromatic heterocycles. The van der Waals surface area contributed by atoms with Crippen LogP contribution in [0.1, 0.15) is 10.5 Å². The predicted octanol–water partition coefficient (Wildman–Crippen LogP) is 1.54. The van der Waals surface area contributed by atoms with Gasteiger partial charge in [0.05, 0.1) is 24.6 Å². The Hall–Kier alpha value is -2.71. The summed E-state index contributed by atoms with van der Waals surface area (Å²) in [7, 11) is 4.00. The summed E-state index contributed by atoms with van der Waals surface area (Å²) < 4.78 is 5.42. The summed E-state index contributed by atoms with van der Waals surface area (Å²) in [5.41, 5.74) is 2.09. The molecule has 1 saturated heterocycles. The Morgan fingerprint density at radius 2 is 2.00 bits per heavy atom. The smallest absolute Gasteiger partial charge is 0.274 e. The van der Waals surface area contributed by atoms with Gasteiger partial charge < -0.3 is 25.2 Å². The van der Waals surface area contributed by atoms with E-state index >= 15 is 0 Å². The lowest BCUT2D eigenvalue weighted by Gasteiger charge is -2.30. The number of aromatic nitrogens is 2. The minimum atomic E-state index is -0.256. The molecule has 0 unspecified atom stereocenters. The van der Waals surface area contributed by atoms with Crippen molar-refractivity contribution in [3.05, 3.63) is 42.2 Å². The van der Waals surface area contributed by atoms with Crippen LogP contribution in [-0.4, -0.2) is 74.3 Å². The highest BCUT2D eigenvalue weighted by Crippen LogP contribution is 2.26. The molecule has 8 heteroatoms. The number of carbonyl (C=O) groups is 1. The number of nitrogens with zero attached hydrogens (tertiary/aromatic N) is 4. The van der Waals surface area contributed by atoms with E-state index in [4.69, 9.17) is 4.74 Å². The van der Waals surface area contributed by atoms with Gasteiger partial charge >= 0.3 is 0 Å². The van der Waals surface area contributed by atoms with Crippen LogP contribution in [0.3, 0.4) is 0 Å². The van der Waals surface area contributed by atoms with Gasteiger partial charge in [0, 0.05) is 32.4 Å². The predicted molar refractivity (Wildman–Crippen MR) is 107 cm³/mol. The summed E-state index contributed by atoms with van der Waals surface area (Å²) >= 11 is 0. The number of carbonyl (C=O) groups excluding carboxylic acids is 1. The van der Waals surface area contributed by atoms with Gasteiger partial charge in [0.25, 0.3) is 5.91 Å². The number of ether oxygens (including phenoxy) is 1. The summed E-state index contributed by atoms with van der Waals surface area (Å²) in [5.74, 6) is 0.194. The van der Waals surface area contributed by atoms with E-state index in [-0.39, 0.29) is 5.91 Å². The van der Waals surface area contributed by atoms with Gasteiger partial charge in [-0.2, -0.15) is 0 Å².